The number of nitrogens with zero attached hydrogens (tertiary/aromatic N) is 2. The summed E-state index contributed by atoms with van der Waals surface area (Å²) in [6, 6.07) is 10.5. The average Bonchev–Trinajstić information content (AvgIpc) is 2.72. The molecule has 0 aliphatic carbocycles. The maximum atomic E-state index is 12.9. The highest BCUT2D eigenvalue weighted by molar-refractivity contribution is 5.65. The molecule has 2 aromatic heterocycles. The second kappa shape index (κ2) is 3.70. The zero-order chi connectivity index (χ0) is 11.8. The predicted octanol–water partition coefficient (Wildman–Crippen LogP) is 3.45. The molecule has 0 spiro atoms. The molecule has 0 atom stereocenters. The van der Waals surface area contributed by atoms with E-state index in [2.05, 4.69) is 4.98 Å². The van der Waals surface area contributed by atoms with Crippen LogP contribution in [0.3, 0.4) is 0 Å². The topological polar surface area (TPSA) is 17.3 Å². The molecule has 3 heteroatoms. The summed E-state index contributed by atoms with van der Waals surface area (Å²) in [5.41, 5.74) is 3.12. The van der Waals surface area contributed by atoms with Crippen LogP contribution in [-0.2, 0) is 0 Å². The van der Waals surface area contributed by atoms with Crippen LogP contribution in [0.5, 0.6) is 0 Å². The van der Waals surface area contributed by atoms with Gasteiger partial charge in [0.1, 0.15) is 11.6 Å². The van der Waals surface area contributed by atoms with Crippen LogP contribution >= 0.6 is 0 Å². The minimum atomic E-state index is -0.214. The number of rotatable bonds is 1. The Labute approximate surface area is 98.4 Å². The molecule has 0 saturated carbocycles. The van der Waals surface area contributed by atoms with Crippen molar-refractivity contribution < 1.29 is 4.39 Å². The van der Waals surface area contributed by atoms with Gasteiger partial charge in [-0.05, 0) is 36.2 Å². The van der Waals surface area contributed by atoms with Crippen LogP contribution in [0.4, 0.5) is 4.39 Å². The standard InChI is InChI=1S/C14H11FN2/c1-10-16-8-14-7-4-12(9-17(10)14)11-2-5-13(15)6-3-11/h2-9H,1H3. The summed E-state index contributed by atoms with van der Waals surface area (Å²) >= 11 is 0. The Kier molecular flexibility index (Phi) is 2.18. The second-order valence-electron chi connectivity index (χ2n) is 4.02. The van der Waals surface area contributed by atoms with Crippen molar-refractivity contribution in [1.29, 1.82) is 0 Å². The van der Waals surface area contributed by atoms with Gasteiger partial charge in [-0.15, -0.1) is 0 Å². The first-order valence-corrected chi connectivity index (χ1v) is 5.44. The van der Waals surface area contributed by atoms with Gasteiger partial charge in [-0.25, -0.2) is 9.37 Å². The van der Waals surface area contributed by atoms with Crippen molar-refractivity contribution >= 4 is 5.52 Å². The van der Waals surface area contributed by atoms with E-state index in [0.717, 1.165) is 22.5 Å². The Bertz CT molecular complexity index is 668. The minimum Gasteiger partial charge on any atom is -0.303 e. The van der Waals surface area contributed by atoms with Crippen molar-refractivity contribution in [2.75, 3.05) is 0 Å². The molecular formula is C14H11FN2. The summed E-state index contributed by atoms with van der Waals surface area (Å²) in [5.74, 6) is 0.734. The van der Waals surface area contributed by atoms with Crippen LogP contribution in [0, 0.1) is 12.7 Å². The number of hydrogen-bond donors (Lipinski definition) is 0. The van der Waals surface area contributed by atoms with Gasteiger partial charge in [0.15, 0.2) is 0 Å². The quantitative estimate of drug-likeness (QED) is 0.621. The molecule has 0 fully saturated rings. The third kappa shape index (κ3) is 1.69. The normalized spacial score (nSPS) is 10.9. The first-order chi connectivity index (χ1) is 8.24. The van der Waals surface area contributed by atoms with Crippen molar-refractivity contribution in [1.82, 2.24) is 9.38 Å². The number of halogens is 1. The molecule has 0 saturated heterocycles. The molecular weight excluding hydrogens is 215 g/mol. The van der Waals surface area contributed by atoms with E-state index < -0.39 is 0 Å². The van der Waals surface area contributed by atoms with E-state index in [-0.39, 0.29) is 5.82 Å². The Balaban J connectivity index is 2.17. The van der Waals surface area contributed by atoms with E-state index >= 15 is 0 Å². The molecule has 17 heavy (non-hydrogen) atoms. The largest absolute Gasteiger partial charge is 0.303 e. The summed E-state index contributed by atoms with van der Waals surface area (Å²) in [6.45, 7) is 1.96. The zero-order valence-electron chi connectivity index (χ0n) is 9.39. The first kappa shape index (κ1) is 10.0. The SMILES string of the molecule is Cc1ncc2ccc(-c3ccc(F)cc3)cn12. The third-order valence-corrected chi connectivity index (χ3v) is 2.89. The third-order valence-electron chi connectivity index (χ3n) is 2.89. The van der Waals surface area contributed by atoms with Crippen LogP contribution in [0.2, 0.25) is 0 Å². The number of pyridine rings is 1. The lowest BCUT2D eigenvalue weighted by Gasteiger charge is -2.03. The average molecular weight is 226 g/mol. The summed E-state index contributed by atoms with van der Waals surface area (Å²) in [5, 5.41) is 0. The molecule has 2 nitrogen and oxygen atoms in total. The smallest absolute Gasteiger partial charge is 0.123 e. The molecule has 0 unspecified atom stereocenters. The fourth-order valence-corrected chi connectivity index (χ4v) is 1.93. The fourth-order valence-electron chi connectivity index (χ4n) is 1.93. The Morgan fingerprint density at radius 3 is 2.47 bits per heavy atom. The number of benzene rings is 1. The highest BCUT2D eigenvalue weighted by Gasteiger charge is 2.02. The maximum Gasteiger partial charge on any atom is 0.123 e. The van der Waals surface area contributed by atoms with Gasteiger partial charge in [0.25, 0.3) is 0 Å². The molecule has 0 radical (unpaired) electrons. The predicted molar refractivity (Wildman–Crippen MR) is 65.3 cm³/mol. The lowest BCUT2D eigenvalue weighted by atomic mass is 10.1. The number of imidazole rings is 1. The van der Waals surface area contributed by atoms with Gasteiger partial charge >= 0.3 is 0 Å². The summed E-state index contributed by atoms with van der Waals surface area (Å²) in [7, 11) is 0. The summed E-state index contributed by atoms with van der Waals surface area (Å²) in [6.07, 6.45) is 3.86. The van der Waals surface area contributed by atoms with Gasteiger partial charge < -0.3 is 4.40 Å². The molecule has 0 aliphatic heterocycles. The number of hydrogen-bond acceptors (Lipinski definition) is 1. The van der Waals surface area contributed by atoms with Crippen LogP contribution in [0.1, 0.15) is 5.82 Å². The van der Waals surface area contributed by atoms with E-state index in [0.29, 0.717) is 0 Å². The molecule has 2 heterocycles. The van der Waals surface area contributed by atoms with Gasteiger partial charge in [0, 0.05) is 6.20 Å². The number of aromatic nitrogens is 2. The van der Waals surface area contributed by atoms with Crippen LogP contribution in [-0.4, -0.2) is 9.38 Å². The van der Waals surface area contributed by atoms with E-state index in [4.69, 9.17) is 0 Å². The summed E-state index contributed by atoms with van der Waals surface area (Å²) < 4.78 is 14.9. The van der Waals surface area contributed by atoms with Crippen LogP contribution in [0.15, 0.2) is 48.8 Å². The molecule has 0 N–H and O–H groups in total. The molecule has 0 amide bonds. The summed E-state index contributed by atoms with van der Waals surface area (Å²) in [4.78, 5) is 4.25. The second-order valence-corrected chi connectivity index (χ2v) is 4.02. The van der Waals surface area contributed by atoms with Gasteiger partial charge in [-0.3, -0.25) is 0 Å². The van der Waals surface area contributed by atoms with Gasteiger partial charge in [0.2, 0.25) is 0 Å². The highest BCUT2D eigenvalue weighted by atomic mass is 19.1. The molecule has 1 aromatic carbocycles. The maximum absolute atomic E-state index is 12.9. The lowest BCUT2D eigenvalue weighted by molar-refractivity contribution is 0.628. The minimum absolute atomic E-state index is 0.214. The van der Waals surface area contributed by atoms with Crippen molar-refractivity contribution in [2.45, 2.75) is 6.92 Å². The van der Waals surface area contributed by atoms with Crippen molar-refractivity contribution in [3.63, 3.8) is 0 Å². The van der Waals surface area contributed by atoms with Gasteiger partial charge in [-0.1, -0.05) is 18.2 Å². The van der Waals surface area contributed by atoms with Crippen molar-refractivity contribution in [3.8, 4) is 11.1 Å². The molecule has 3 rings (SSSR count). The van der Waals surface area contributed by atoms with E-state index in [1.54, 1.807) is 12.1 Å². The Hall–Kier alpha value is -2.16. The van der Waals surface area contributed by atoms with Gasteiger partial charge in [-0.2, -0.15) is 0 Å². The van der Waals surface area contributed by atoms with E-state index in [1.807, 2.05) is 35.9 Å². The monoisotopic (exact) mass is 226 g/mol. The fraction of sp³-hybridized carbons (Fsp3) is 0.0714. The van der Waals surface area contributed by atoms with E-state index in [9.17, 15) is 4.39 Å². The van der Waals surface area contributed by atoms with E-state index in [1.165, 1.54) is 12.1 Å². The molecule has 0 aliphatic rings. The Morgan fingerprint density at radius 1 is 1.00 bits per heavy atom. The zero-order valence-corrected chi connectivity index (χ0v) is 9.39. The number of fused-ring (bicyclic) bond motifs is 1. The van der Waals surface area contributed by atoms with Crippen molar-refractivity contribution in [2.24, 2.45) is 0 Å². The molecule has 0 bridgehead atoms. The first-order valence-electron chi connectivity index (χ1n) is 5.44. The Morgan fingerprint density at radius 2 is 1.71 bits per heavy atom. The molecule has 84 valence electrons. The highest BCUT2D eigenvalue weighted by Crippen LogP contribution is 2.21. The lowest BCUT2D eigenvalue weighted by Crippen LogP contribution is -1.89. The number of aryl methyl sites for hydroxylation is 1. The molecule has 3 aromatic rings. The van der Waals surface area contributed by atoms with Crippen LogP contribution in [0.25, 0.3) is 16.6 Å². The van der Waals surface area contributed by atoms with Gasteiger partial charge in [0.05, 0.1) is 11.7 Å². The van der Waals surface area contributed by atoms with Crippen LogP contribution < -0.4 is 0 Å². The van der Waals surface area contributed by atoms with Crippen molar-refractivity contribution in [3.05, 3.63) is 60.4 Å².